The highest BCUT2D eigenvalue weighted by molar-refractivity contribution is 5.62. The lowest BCUT2D eigenvalue weighted by Crippen LogP contribution is -2.33. The molecule has 0 amide bonds. The molecule has 1 nitrogen and oxygen atoms in total. The highest BCUT2D eigenvalue weighted by Gasteiger charge is 2.39. The monoisotopic (exact) mass is 241 g/mol. The summed E-state index contributed by atoms with van der Waals surface area (Å²) in [7, 11) is 2.07. The van der Waals surface area contributed by atoms with Crippen molar-refractivity contribution in [2.75, 3.05) is 0 Å². The molecule has 1 aromatic heterocycles. The molecule has 1 aromatic carbocycles. The first-order valence-electron chi connectivity index (χ1n) is 7.97. The third-order valence-electron chi connectivity index (χ3n) is 3.86. The number of aromatic nitrogens is 1. The maximum atomic E-state index is 7.52. The van der Waals surface area contributed by atoms with E-state index in [1.54, 1.807) is 12.1 Å². The van der Waals surface area contributed by atoms with Crippen molar-refractivity contribution in [2.24, 2.45) is 13.0 Å². The summed E-state index contributed by atoms with van der Waals surface area (Å²) in [6.45, 7) is 0.222. The van der Waals surface area contributed by atoms with Gasteiger partial charge < -0.3 is 0 Å². The minimum atomic E-state index is -2.05. The first-order chi connectivity index (χ1) is 9.86. The van der Waals surface area contributed by atoms with Gasteiger partial charge >= 0.3 is 0 Å². The number of pyridine rings is 1. The summed E-state index contributed by atoms with van der Waals surface area (Å²) in [6.07, 6.45) is 3.36. The molecule has 0 saturated heterocycles. The minimum Gasteiger partial charge on any atom is -0.204 e. The maximum absolute atomic E-state index is 7.52. The molecule has 0 spiro atoms. The van der Waals surface area contributed by atoms with Crippen molar-refractivity contribution in [2.45, 2.75) is 26.1 Å². The van der Waals surface area contributed by atoms with Crippen molar-refractivity contribution in [3.63, 3.8) is 0 Å². The highest BCUT2D eigenvalue weighted by atomic mass is 14.9. The average molecular weight is 241 g/mol. The van der Waals surface area contributed by atoms with E-state index in [4.69, 9.17) is 4.11 Å². The van der Waals surface area contributed by atoms with Crippen LogP contribution in [0.5, 0.6) is 0 Å². The molecule has 1 heterocycles. The van der Waals surface area contributed by atoms with E-state index in [1.165, 1.54) is 12.1 Å². The largest absolute Gasteiger partial charge is 0.204 e. The van der Waals surface area contributed by atoms with Gasteiger partial charge in [-0.25, -0.2) is 4.57 Å². The molecule has 1 aliphatic carbocycles. The summed E-state index contributed by atoms with van der Waals surface area (Å²) in [5.41, 5.74) is 3.76. The highest BCUT2D eigenvalue weighted by Crippen LogP contribution is 2.45. The Morgan fingerprint density at radius 3 is 2.72 bits per heavy atom. The van der Waals surface area contributed by atoms with Crippen LogP contribution >= 0.6 is 0 Å². The zero-order chi connectivity index (χ0) is 15.2. The zero-order valence-electron chi connectivity index (χ0n) is 13.9. The van der Waals surface area contributed by atoms with Gasteiger partial charge in [-0.1, -0.05) is 36.8 Å². The molecule has 2 aromatic rings. The van der Waals surface area contributed by atoms with E-state index in [1.807, 2.05) is 12.1 Å². The Hall–Kier alpha value is -1.63. The van der Waals surface area contributed by atoms with Crippen molar-refractivity contribution in [3.8, 4) is 11.1 Å². The van der Waals surface area contributed by atoms with Crippen LogP contribution in [0.1, 0.15) is 34.6 Å². The lowest BCUT2D eigenvalue weighted by Gasteiger charge is -2.04. The van der Waals surface area contributed by atoms with Gasteiger partial charge in [0, 0.05) is 21.7 Å². The standard InChI is InChI=1S/C17H20N/c1-12-5-4-6-14(9-12)15-7-8-17(18(3)11-15)16-10-13(16)2/h4-9,11,13,16H,10H2,1-3H3/q+1/t13-,16?/m1/s1/i1D3. The summed E-state index contributed by atoms with van der Waals surface area (Å²) in [5, 5.41) is 0. The number of hydrogen-bond acceptors (Lipinski definition) is 0. The molecule has 1 unspecified atom stereocenters. The average Bonchev–Trinajstić information content (AvgIpc) is 3.14. The summed E-state index contributed by atoms with van der Waals surface area (Å²) >= 11 is 0. The van der Waals surface area contributed by atoms with E-state index in [9.17, 15) is 0 Å². The van der Waals surface area contributed by atoms with Gasteiger partial charge in [0.05, 0.1) is 0 Å². The fourth-order valence-corrected chi connectivity index (χ4v) is 2.61. The SMILES string of the molecule is [2H]C([2H])([2H])c1cccc(-c2ccc(C3C[C@H]3C)[n+](C)c2)c1. The Bertz CT molecular complexity index is 676. The molecule has 1 fully saturated rings. The molecule has 18 heavy (non-hydrogen) atoms. The van der Waals surface area contributed by atoms with Crippen LogP contribution in [0, 0.1) is 12.8 Å². The molecule has 1 aliphatic rings. The Morgan fingerprint density at radius 1 is 1.22 bits per heavy atom. The summed E-state index contributed by atoms with van der Waals surface area (Å²) in [5.74, 6) is 1.46. The number of hydrogen-bond donors (Lipinski definition) is 0. The van der Waals surface area contributed by atoms with Gasteiger partial charge in [-0.05, 0) is 30.8 Å². The van der Waals surface area contributed by atoms with Crippen molar-refractivity contribution in [1.29, 1.82) is 0 Å². The van der Waals surface area contributed by atoms with Crippen molar-refractivity contribution in [3.05, 3.63) is 53.9 Å². The molecule has 1 saturated carbocycles. The van der Waals surface area contributed by atoms with E-state index < -0.39 is 6.85 Å². The molecular formula is C17H20N+. The van der Waals surface area contributed by atoms with E-state index >= 15 is 0 Å². The molecule has 0 N–H and O–H groups in total. The van der Waals surface area contributed by atoms with Gasteiger partial charge in [-0.2, -0.15) is 0 Å². The van der Waals surface area contributed by atoms with Crippen LogP contribution in [0.25, 0.3) is 11.1 Å². The summed E-state index contributed by atoms with van der Waals surface area (Å²) < 4.78 is 24.7. The van der Waals surface area contributed by atoms with Crippen LogP contribution in [0.3, 0.4) is 0 Å². The van der Waals surface area contributed by atoms with Gasteiger partial charge in [0.2, 0.25) is 0 Å². The van der Waals surface area contributed by atoms with Gasteiger partial charge in [0.1, 0.15) is 7.05 Å². The van der Waals surface area contributed by atoms with Crippen molar-refractivity contribution < 1.29 is 8.68 Å². The second-order valence-electron chi connectivity index (χ2n) is 5.35. The molecule has 0 bridgehead atoms. The smallest absolute Gasteiger partial charge is 0.184 e. The number of aryl methyl sites for hydroxylation is 2. The fraction of sp³-hybridized carbons (Fsp3) is 0.353. The van der Waals surface area contributed by atoms with E-state index in [0.29, 0.717) is 11.5 Å². The maximum Gasteiger partial charge on any atom is 0.184 e. The first-order valence-corrected chi connectivity index (χ1v) is 6.47. The van der Waals surface area contributed by atoms with E-state index in [0.717, 1.165) is 17.0 Å². The van der Waals surface area contributed by atoms with Crippen LogP contribution < -0.4 is 4.57 Å². The molecule has 0 aliphatic heterocycles. The van der Waals surface area contributed by atoms with Gasteiger partial charge in [-0.15, -0.1) is 0 Å². The Balaban J connectivity index is 1.96. The lowest BCUT2D eigenvalue weighted by atomic mass is 10.0. The topological polar surface area (TPSA) is 3.88 Å². The van der Waals surface area contributed by atoms with E-state index in [2.05, 4.69) is 36.9 Å². The zero-order valence-corrected chi connectivity index (χ0v) is 10.9. The molecule has 3 rings (SSSR count). The predicted molar refractivity (Wildman–Crippen MR) is 74.3 cm³/mol. The predicted octanol–water partition coefficient (Wildman–Crippen LogP) is 3.61. The van der Waals surface area contributed by atoms with Crippen LogP contribution in [0.2, 0.25) is 0 Å². The number of benzene rings is 1. The number of nitrogens with zero attached hydrogens (tertiary/aromatic N) is 1. The Morgan fingerprint density at radius 2 is 2.06 bits per heavy atom. The fourth-order valence-electron chi connectivity index (χ4n) is 2.61. The van der Waals surface area contributed by atoms with Gasteiger partial charge in [0.25, 0.3) is 0 Å². The third-order valence-corrected chi connectivity index (χ3v) is 3.86. The first kappa shape index (κ1) is 8.47. The summed E-state index contributed by atoms with van der Waals surface area (Å²) in [6, 6.07) is 11.5. The normalized spacial score (nSPS) is 25.1. The van der Waals surface area contributed by atoms with Crippen molar-refractivity contribution in [1.82, 2.24) is 0 Å². The quantitative estimate of drug-likeness (QED) is 0.707. The van der Waals surface area contributed by atoms with Crippen LogP contribution in [0.4, 0.5) is 0 Å². The molecule has 1 heteroatoms. The second-order valence-corrected chi connectivity index (χ2v) is 5.35. The third kappa shape index (κ3) is 2.05. The Kier molecular flexibility index (Phi) is 1.99. The molecule has 2 atom stereocenters. The Labute approximate surface area is 113 Å². The minimum absolute atomic E-state index is 0.391. The van der Waals surface area contributed by atoms with E-state index in [-0.39, 0.29) is 0 Å². The number of rotatable bonds is 2. The molecule has 92 valence electrons. The van der Waals surface area contributed by atoms with Crippen LogP contribution in [-0.4, -0.2) is 0 Å². The molecule has 0 radical (unpaired) electrons. The second kappa shape index (κ2) is 4.24. The van der Waals surface area contributed by atoms with Crippen LogP contribution in [-0.2, 0) is 7.05 Å². The van der Waals surface area contributed by atoms with Gasteiger partial charge in [0.15, 0.2) is 11.9 Å². The van der Waals surface area contributed by atoms with Crippen molar-refractivity contribution >= 4 is 0 Å². The van der Waals surface area contributed by atoms with Gasteiger partial charge in [-0.3, -0.25) is 0 Å². The lowest BCUT2D eigenvalue weighted by molar-refractivity contribution is -0.679. The van der Waals surface area contributed by atoms with Crippen LogP contribution in [0.15, 0.2) is 42.6 Å². The summed E-state index contributed by atoms with van der Waals surface area (Å²) in [4.78, 5) is 0. The molecular weight excluding hydrogens is 218 g/mol.